The standard InChI is InChI=1S/C12H17N3OS/c1-14-12(16)9-2-3-10(13)11(8-9)15-4-6-17-7-5-15/h2-3,8H,4-7,13H2,1H3,(H,14,16). The zero-order valence-corrected chi connectivity index (χ0v) is 10.7. The molecule has 1 aliphatic rings. The second kappa shape index (κ2) is 5.31. The molecule has 1 amide bonds. The Morgan fingerprint density at radius 1 is 1.41 bits per heavy atom. The number of amides is 1. The Labute approximate surface area is 106 Å². The second-order valence-corrected chi connectivity index (χ2v) is 5.18. The first-order chi connectivity index (χ1) is 8.22. The highest BCUT2D eigenvalue weighted by molar-refractivity contribution is 7.99. The van der Waals surface area contributed by atoms with Crippen molar-refractivity contribution in [2.75, 3.05) is 42.3 Å². The largest absolute Gasteiger partial charge is 0.397 e. The SMILES string of the molecule is CNC(=O)c1ccc(N)c(N2CCSCC2)c1. The molecule has 0 spiro atoms. The molecule has 92 valence electrons. The van der Waals surface area contributed by atoms with Crippen LogP contribution in [0.3, 0.4) is 0 Å². The minimum absolute atomic E-state index is 0.0716. The maximum absolute atomic E-state index is 11.6. The smallest absolute Gasteiger partial charge is 0.251 e. The lowest BCUT2D eigenvalue weighted by Crippen LogP contribution is -2.33. The molecule has 2 rings (SSSR count). The number of nitrogens with zero attached hydrogens (tertiary/aromatic N) is 1. The third kappa shape index (κ3) is 2.66. The van der Waals surface area contributed by atoms with Gasteiger partial charge in [0.25, 0.3) is 5.91 Å². The molecule has 1 aromatic carbocycles. The predicted molar refractivity (Wildman–Crippen MR) is 73.8 cm³/mol. The van der Waals surface area contributed by atoms with Crippen molar-refractivity contribution in [3.05, 3.63) is 23.8 Å². The van der Waals surface area contributed by atoms with Crippen molar-refractivity contribution in [2.45, 2.75) is 0 Å². The molecule has 17 heavy (non-hydrogen) atoms. The number of hydrogen-bond donors (Lipinski definition) is 2. The Kier molecular flexibility index (Phi) is 3.78. The number of hydrogen-bond acceptors (Lipinski definition) is 4. The van der Waals surface area contributed by atoms with E-state index in [-0.39, 0.29) is 5.91 Å². The van der Waals surface area contributed by atoms with Gasteiger partial charge >= 0.3 is 0 Å². The van der Waals surface area contributed by atoms with E-state index < -0.39 is 0 Å². The van der Waals surface area contributed by atoms with Crippen molar-refractivity contribution in [3.63, 3.8) is 0 Å². The molecule has 0 saturated carbocycles. The summed E-state index contributed by atoms with van der Waals surface area (Å²) in [5, 5.41) is 2.63. The molecule has 1 aromatic rings. The van der Waals surface area contributed by atoms with E-state index in [4.69, 9.17) is 5.73 Å². The molecule has 0 atom stereocenters. The number of nitrogens with two attached hydrogens (primary N) is 1. The molecule has 0 aromatic heterocycles. The van der Waals surface area contributed by atoms with E-state index in [2.05, 4.69) is 10.2 Å². The predicted octanol–water partition coefficient (Wildman–Crippen LogP) is 1.18. The number of carbonyl (C=O) groups excluding carboxylic acids is 1. The molecule has 3 N–H and O–H groups in total. The van der Waals surface area contributed by atoms with Gasteiger partial charge in [0.15, 0.2) is 0 Å². The molecule has 0 bridgehead atoms. The molecule has 4 nitrogen and oxygen atoms in total. The Hall–Kier alpha value is -1.36. The molecular weight excluding hydrogens is 234 g/mol. The highest BCUT2D eigenvalue weighted by atomic mass is 32.2. The van der Waals surface area contributed by atoms with E-state index >= 15 is 0 Å². The molecular formula is C12H17N3OS. The van der Waals surface area contributed by atoms with Gasteiger partial charge in [0, 0.05) is 37.2 Å². The van der Waals surface area contributed by atoms with Crippen LogP contribution in [0.2, 0.25) is 0 Å². The van der Waals surface area contributed by atoms with Gasteiger partial charge in [0.1, 0.15) is 0 Å². The van der Waals surface area contributed by atoms with Gasteiger partial charge in [0.05, 0.1) is 11.4 Å². The fraction of sp³-hybridized carbons (Fsp3) is 0.417. The van der Waals surface area contributed by atoms with E-state index in [1.807, 2.05) is 23.9 Å². The Bertz CT molecular complexity index is 416. The van der Waals surface area contributed by atoms with Crippen LogP contribution < -0.4 is 16.0 Å². The van der Waals surface area contributed by atoms with Crippen molar-refractivity contribution < 1.29 is 4.79 Å². The van der Waals surface area contributed by atoms with Crippen LogP contribution in [0.25, 0.3) is 0 Å². The summed E-state index contributed by atoms with van der Waals surface area (Å²) in [6, 6.07) is 5.45. The summed E-state index contributed by atoms with van der Waals surface area (Å²) in [6.07, 6.45) is 0. The van der Waals surface area contributed by atoms with Crippen molar-refractivity contribution in [1.82, 2.24) is 5.32 Å². The van der Waals surface area contributed by atoms with Gasteiger partial charge in [-0.05, 0) is 18.2 Å². The van der Waals surface area contributed by atoms with Crippen molar-refractivity contribution in [2.24, 2.45) is 0 Å². The lowest BCUT2D eigenvalue weighted by molar-refractivity contribution is 0.0963. The van der Waals surface area contributed by atoms with E-state index in [0.29, 0.717) is 5.56 Å². The number of nitrogen functional groups attached to an aromatic ring is 1. The summed E-state index contributed by atoms with van der Waals surface area (Å²) in [5.41, 5.74) is 8.36. The van der Waals surface area contributed by atoms with Gasteiger partial charge in [-0.1, -0.05) is 0 Å². The van der Waals surface area contributed by atoms with Gasteiger partial charge in [-0.3, -0.25) is 4.79 Å². The van der Waals surface area contributed by atoms with Crippen LogP contribution >= 0.6 is 11.8 Å². The van der Waals surface area contributed by atoms with Crippen molar-refractivity contribution in [1.29, 1.82) is 0 Å². The fourth-order valence-electron chi connectivity index (χ4n) is 1.91. The minimum atomic E-state index is -0.0716. The fourth-order valence-corrected chi connectivity index (χ4v) is 2.81. The summed E-state index contributed by atoms with van der Waals surface area (Å²) in [5.74, 6) is 2.16. The molecule has 1 fully saturated rings. The Morgan fingerprint density at radius 3 is 2.76 bits per heavy atom. The number of nitrogens with one attached hydrogen (secondary N) is 1. The maximum Gasteiger partial charge on any atom is 0.251 e. The summed E-state index contributed by atoms with van der Waals surface area (Å²) >= 11 is 1.95. The van der Waals surface area contributed by atoms with Gasteiger partial charge < -0.3 is 16.0 Å². The lowest BCUT2D eigenvalue weighted by atomic mass is 10.1. The topological polar surface area (TPSA) is 58.4 Å². The van der Waals surface area contributed by atoms with E-state index in [9.17, 15) is 4.79 Å². The zero-order valence-electron chi connectivity index (χ0n) is 9.90. The normalized spacial score (nSPS) is 15.7. The first-order valence-corrected chi connectivity index (χ1v) is 6.82. The van der Waals surface area contributed by atoms with Crippen LogP contribution in [0.4, 0.5) is 11.4 Å². The summed E-state index contributed by atoms with van der Waals surface area (Å²) in [7, 11) is 1.63. The highest BCUT2D eigenvalue weighted by Crippen LogP contribution is 2.27. The average Bonchev–Trinajstić information content (AvgIpc) is 2.39. The third-order valence-electron chi connectivity index (χ3n) is 2.87. The lowest BCUT2D eigenvalue weighted by Gasteiger charge is -2.29. The van der Waals surface area contributed by atoms with Crippen LogP contribution in [-0.4, -0.2) is 37.6 Å². The minimum Gasteiger partial charge on any atom is -0.397 e. The first kappa shape index (κ1) is 12.1. The number of benzene rings is 1. The Balaban J connectivity index is 2.28. The van der Waals surface area contributed by atoms with Crippen LogP contribution in [0.15, 0.2) is 18.2 Å². The Morgan fingerprint density at radius 2 is 2.12 bits per heavy atom. The maximum atomic E-state index is 11.6. The van der Waals surface area contributed by atoms with Crippen LogP contribution in [0.1, 0.15) is 10.4 Å². The quantitative estimate of drug-likeness (QED) is 0.775. The summed E-state index contributed by atoms with van der Waals surface area (Å²) in [4.78, 5) is 13.8. The number of thioether (sulfide) groups is 1. The second-order valence-electron chi connectivity index (χ2n) is 3.95. The molecule has 1 saturated heterocycles. The number of carbonyl (C=O) groups is 1. The molecule has 0 unspecified atom stereocenters. The van der Waals surface area contributed by atoms with E-state index in [1.165, 1.54) is 0 Å². The van der Waals surface area contributed by atoms with Crippen LogP contribution in [-0.2, 0) is 0 Å². The highest BCUT2D eigenvalue weighted by Gasteiger charge is 2.15. The van der Waals surface area contributed by atoms with E-state index in [0.717, 1.165) is 36.0 Å². The van der Waals surface area contributed by atoms with Gasteiger partial charge in [-0.25, -0.2) is 0 Å². The molecule has 1 aliphatic heterocycles. The third-order valence-corrected chi connectivity index (χ3v) is 3.81. The van der Waals surface area contributed by atoms with Gasteiger partial charge in [0.2, 0.25) is 0 Å². The molecule has 0 radical (unpaired) electrons. The number of anilines is 2. The summed E-state index contributed by atoms with van der Waals surface area (Å²) in [6.45, 7) is 1.98. The summed E-state index contributed by atoms with van der Waals surface area (Å²) < 4.78 is 0. The van der Waals surface area contributed by atoms with E-state index in [1.54, 1.807) is 13.1 Å². The van der Waals surface area contributed by atoms with Crippen LogP contribution in [0.5, 0.6) is 0 Å². The van der Waals surface area contributed by atoms with Gasteiger partial charge in [-0.15, -0.1) is 0 Å². The van der Waals surface area contributed by atoms with Gasteiger partial charge in [-0.2, -0.15) is 11.8 Å². The average molecular weight is 251 g/mol. The first-order valence-electron chi connectivity index (χ1n) is 5.66. The van der Waals surface area contributed by atoms with Crippen LogP contribution in [0, 0.1) is 0 Å². The van der Waals surface area contributed by atoms with Crippen molar-refractivity contribution in [3.8, 4) is 0 Å². The number of rotatable bonds is 2. The molecule has 1 heterocycles. The molecule has 5 heteroatoms. The zero-order chi connectivity index (χ0) is 12.3. The van der Waals surface area contributed by atoms with Crippen molar-refractivity contribution >= 4 is 29.0 Å². The monoisotopic (exact) mass is 251 g/mol. The molecule has 0 aliphatic carbocycles.